The Labute approximate surface area is 205 Å². The van der Waals surface area contributed by atoms with Gasteiger partial charge in [-0.3, -0.25) is 9.59 Å². The number of ether oxygens (including phenoxy) is 3. The highest BCUT2D eigenvalue weighted by Gasteiger charge is 2.24. The highest BCUT2D eigenvalue weighted by atomic mass is 16.5. The van der Waals surface area contributed by atoms with E-state index in [0.29, 0.717) is 45.1 Å². The van der Waals surface area contributed by atoms with E-state index in [9.17, 15) is 14.7 Å². The minimum absolute atomic E-state index is 0.0469. The normalized spacial score (nSPS) is 11.1. The molecule has 0 spiro atoms. The molecule has 0 saturated heterocycles. The van der Waals surface area contributed by atoms with E-state index in [1.165, 1.54) is 0 Å². The van der Waals surface area contributed by atoms with Gasteiger partial charge in [0.05, 0.1) is 31.4 Å². The number of methoxy groups -OCH3 is 2. The molecule has 3 aromatic carbocycles. The summed E-state index contributed by atoms with van der Waals surface area (Å²) >= 11 is 0. The molecule has 8 nitrogen and oxygen atoms in total. The monoisotopic (exact) mass is 486 g/mol. The standard InChI is InChI=1S/C28H22O8/c1-15-26(35-19-10-8-18(33-3)9-11-19)25(31)20-12-13-22-24(28(20)34-15)21(14-23(29)30)27(36-22)16-4-6-17(32-2)7-5-16/h4-13H,14H2,1-3H3,(H,29,30). The van der Waals surface area contributed by atoms with Crippen LogP contribution in [0.25, 0.3) is 33.3 Å². The summed E-state index contributed by atoms with van der Waals surface area (Å²) in [6.45, 7) is 1.62. The van der Waals surface area contributed by atoms with Gasteiger partial charge in [-0.2, -0.15) is 0 Å². The third kappa shape index (κ3) is 4.02. The summed E-state index contributed by atoms with van der Waals surface area (Å²) in [5.74, 6) is 1.42. The van der Waals surface area contributed by atoms with Crippen LogP contribution >= 0.6 is 0 Å². The van der Waals surface area contributed by atoms with Crippen molar-refractivity contribution in [1.29, 1.82) is 0 Å². The Bertz CT molecular complexity index is 1640. The van der Waals surface area contributed by atoms with Gasteiger partial charge in [0.2, 0.25) is 11.2 Å². The van der Waals surface area contributed by atoms with Gasteiger partial charge < -0.3 is 28.2 Å². The maximum Gasteiger partial charge on any atom is 0.307 e. The van der Waals surface area contributed by atoms with E-state index in [4.69, 9.17) is 23.0 Å². The van der Waals surface area contributed by atoms with Gasteiger partial charge in [0.15, 0.2) is 0 Å². The van der Waals surface area contributed by atoms with Gasteiger partial charge in [-0.1, -0.05) is 0 Å². The molecule has 0 radical (unpaired) electrons. The molecule has 36 heavy (non-hydrogen) atoms. The molecule has 0 unspecified atom stereocenters. The second-order valence-corrected chi connectivity index (χ2v) is 8.12. The number of rotatable bonds is 7. The highest BCUT2D eigenvalue weighted by molar-refractivity contribution is 6.07. The lowest BCUT2D eigenvalue weighted by Crippen LogP contribution is -2.08. The van der Waals surface area contributed by atoms with Gasteiger partial charge in [0, 0.05) is 11.1 Å². The van der Waals surface area contributed by atoms with Crippen LogP contribution in [0.15, 0.2) is 74.3 Å². The van der Waals surface area contributed by atoms with E-state index in [0.717, 1.165) is 0 Å². The number of fused-ring (bicyclic) bond motifs is 3. The van der Waals surface area contributed by atoms with E-state index in [1.807, 2.05) is 0 Å². The first-order valence-electron chi connectivity index (χ1n) is 11.1. The second kappa shape index (κ2) is 9.14. The summed E-state index contributed by atoms with van der Waals surface area (Å²) in [7, 11) is 3.13. The lowest BCUT2D eigenvalue weighted by atomic mass is 10.0. The maximum absolute atomic E-state index is 13.4. The third-order valence-electron chi connectivity index (χ3n) is 5.89. The van der Waals surface area contributed by atoms with Gasteiger partial charge in [-0.15, -0.1) is 0 Å². The molecule has 0 bridgehead atoms. The SMILES string of the molecule is COc1ccc(Oc2c(C)oc3c(ccc4oc(-c5ccc(OC)cc5)c(CC(=O)O)c43)c2=O)cc1. The van der Waals surface area contributed by atoms with Crippen molar-refractivity contribution in [3.63, 3.8) is 0 Å². The summed E-state index contributed by atoms with van der Waals surface area (Å²) in [4.78, 5) is 25.2. The Morgan fingerprint density at radius 3 is 2.08 bits per heavy atom. The molecule has 0 aliphatic carbocycles. The van der Waals surface area contributed by atoms with E-state index in [2.05, 4.69) is 0 Å². The zero-order chi connectivity index (χ0) is 25.4. The van der Waals surface area contributed by atoms with Crippen molar-refractivity contribution in [3.8, 4) is 34.3 Å². The van der Waals surface area contributed by atoms with Crippen LogP contribution in [0.4, 0.5) is 0 Å². The van der Waals surface area contributed by atoms with Crippen LogP contribution in [0.1, 0.15) is 11.3 Å². The summed E-state index contributed by atoms with van der Waals surface area (Å²) in [6, 6.07) is 17.1. The molecular formula is C28H22O8. The molecule has 0 atom stereocenters. The van der Waals surface area contributed by atoms with Crippen molar-refractivity contribution in [2.24, 2.45) is 0 Å². The molecule has 0 fully saturated rings. The van der Waals surface area contributed by atoms with E-state index in [-0.39, 0.29) is 34.3 Å². The number of carboxylic acids is 1. The van der Waals surface area contributed by atoms with Crippen molar-refractivity contribution in [2.45, 2.75) is 13.3 Å². The summed E-state index contributed by atoms with van der Waals surface area (Å²) in [5.41, 5.74) is 1.38. The fourth-order valence-corrected chi connectivity index (χ4v) is 4.16. The van der Waals surface area contributed by atoms with Crippen LogP contribution in [-0.4, -0.2) is 25.3 Å². The predicted molar refractivity (Wildman–Crippen MR) is 133 cm³/mol. The lowest BCUT2D eigenvalue weighted by Gasteiger charge is -2.10. The first kappa shape index (κ1) is 23.0. The number of hydrogen-bond donors (Lipinski definition) is 1. The highest BCUT2D eigenvalue weighted by Crippen LogP contribution is 2.39. The summed E-state index contributed by atoms with van der Waals surface area (Å²) in [5, 5.41) is 10.3. The average molecular weight is 486 g/mol. The molecule has 0 amide bonds. The largest absolute Gasteiger partial charge is 0.497 e. The Balaban J connectivity index is 1.70. The van der Waals surface area contributed by atoms with Gasteiger partial charge in [0.1, 0.15) is 39.9 Å². The molecule has 2 aromatic heterocycles. The van der Waals surface area contributed by atoms with Gasteiger partial charge >= 0.3 is 5.97 Å². The van der Waals surface area contributed by atoms with Crippen LogP contribution in [0.3, 0.4) is 0 Å². The van der Waals surface area contributed by atoms with Crippen LogP contribution in [0.2, 0.25) is 0 Å². The number of carbonyl (C=O) groups is 1. The molecule has 0 aliphatic rings. The number of aliphatic carboxylic acids is 1. The molecule has 5 aromatic rings. The van der Waals surface area contributed by atoms with Crippen molar-refractivity contribution in [3.05, 3.63) is 82.2 Å². The average Bonchev–Trinajstić information content (AvgIpc) is 3.25. The van der Waals surface area contributed by atoms with E-state index < -0.39 is 5.97 Å². The maximum atomic E-state index is 13.4. The molecule has 0 saturated carbocycles. The molecular weight excluding hydrogens is 464 g/mol. The van der Waals surface area contributed by atoms with Crippen LogP contribution in [0.5, 0.6) is 23.0 Å². The van der Waals surface area contributed by atoms with Crippen LogP contribution < -0.4 is 19.6 Å². The first-order chi connectivity index (χ1) is 17.4. The molecule has 5 rings (SSSR count). The number of aryl methyl sites for hydroxylation is 1. The number of hydrogen-bond acceptors (Lipinski definition) is 7. The van der Waals surface area contributed by atoms with E-state index in [1.54, 1.807) is 81.8 Å². The lowest BCUT2D eigenvalue weighted by molar-refractivity contribution is -0.136. The fraction of sp³-hybridized carbons (Fsp3) is 0.143. The fourth-order valence-electron chi connectivity index (χ4n) is 4.16. The zero-order valence-electron chi connectivity index (χ0n) is 19.8. The molecule has 182 valence electrons. The van der Waals surface area contributed by atoms with Crippen molar-refractivity contribution in [1.82, 2.24) is 0 Å². The molecule has 0 aliphatic heterocycles. The zero-order valence-corrected chi connectivity index (χ0v) is 19.8. The first-order valence-corrected chi connectivity index (χ1v) is 11.1. The third-order valence-corrected chi connectivity index (χ3v) is 5.89. The summed E-state index contributed by atoms with van der Waals surface area (Å²) in [6.07, 6.45) is -0.319. The minimum atomic E-state index is -1.04. The second-order valence-electron chi connectivity index (χ2n) is 8.12. The van der Waals surface area contributed by atoms with Gasteiger partial charge in [0.25, 0.3) is 0 Å². The topological polar surface area (TPSA) is 108 Å². The quantitative estimate of drug-likeness (QED) is 0.301. The van der Waals surface area contributed by atoms with Crippen LogP contribution in [-0.2, 0) is 11.2 Å². The smallest absolute Gasteiger partial charge is 0.307 e. The Kier molecular flexibility index (Phi) is 5.85. The summed E-state index contributed by atoms with van der Waals surface area (Å²) < 4.78 is 28.4. The van der Waals surface area contributed by atoms with E-state index >= 15 is 0 Å². The van der Waals surface area contributed by atoms with Crippen molar-refractivity contribution in [2.75, 3.05) is 14.2 Å². The van der Waals surface area contributed by atoms with Gasteiger partial charge in [-0.05, 0) is 67.6 Å². The number of furan rings is 1. The van der Waals surface area contributed by atoms with Gasteiger partial charge in [-0.25, -0.2) is 0 Å². The Morgan fingerprint density at radius 1 is 0.861 bits per heavy atom. The predicted octanol–water partition coefficient (Wildman–Crippen LogP) is 5.95. The number of carboxylic acid groups (broad SMARTS) is 1. The molecule has 1 N–H and O–H groups in total. The van der Waals surface area contributed by atoms with Crippen LogP contribution in [0, 0.1) is 6.92 Å². The van der Waals surface area contributed by atoms with Crippen molar-refractivity contribution >= 4 is 27.9 Å². The minimum Gasteiger partial charge on any atom is -0.497 e. The Morgan fingerprint density at radius 2 is 1.47 bits per heavy atom. The molecule has 2 heterocycles. The Hall–Kier alpha value is -4.72. The molecule has 8 heteroatoms. The number of benzene rings is 3. The van der Waals surface area contributed by atoms with Crippen molar-refractivity contribution < 1.29 is 32.9 Å².